The molecule has 2 rings (SSSR count). The van der Waals surface area contributed by atoms with Crippen molar-refractivity contribution in [2.45, 2.75) is 10.8 Å². The van der Waals surface area contributed by atoms with Crippen LogP contribution in [-0.2, 0) is 16.6 Å². The van der Waals surface area contributed by atoms with Gasteiger partial charge in [0.15, 0.2) is 0 Å². The Hall–Kier alpha value is -1.29. The molecule has 0 aliphatic carbocycles. The first-order valence-corrected chi connectivity index (χ1v) is 8.52. The van der Waals surface area contributed by atoms with Gasteiger partial charge in [0.1, 0.15) is 4.21 Å². The molecule has 1 heterocycles. The highest BCUT2D eigenvalue weighted by molar-refractivity contribution is 9.10. The molecule has 0 saturated carbocycles. The van der Waals surface area contributed by atoms with Gasteiger partial charge < -0.3 is 0 Å². The summed E-state index contributed by atoms with van der Waals surface area (Å²) in [7, 11) is -3.58. The third-order valence-electron chi connectivity index (χ3n) is 2.44. The van der Waals surface area contributed by atoms with Crippen LogP contribution in [0.2, 0.25) is 0 Å². The Kier molecular flexibility index (Phi) is 4.53. The average molecular weight is 377 g/mol. The topological polar surface area (TPSA) is 89.3 Å². The van der Waals surface area contributed by atoms with E-state index < -0.39 is 14.9 Å². The zero-order chi connectivity index (χ0) is 14.8. The second-order valence-electron chi connectivity index (χ2n) is 3.80. The van der Waals surface area contributed by atoms with Crippen molar-refractivity contribution in [2.24, 2.45) is 0 Å². The Bertz CT molecular complexity index is 725. The first-order valence-electron chi connectivity index (χ1n) is 5.36. The van der Waals surface area contributed by atoms with E-state index in [0.717, 1.165) is 11.3 Å². The maximum atomic E-state index is 12.0. The number of nitrogens with zero attached hydrogens (tertiary/aromatic N) is 1. The van der Waals surface area contributed by atoms with Gasteiger partial charge in [-0.15, -0.1) is 11.3 Å². The third-order valence-corrected chi connectivity index (χ3v) is 6.51. The molecule has 0 fully saturated rings. The molecule has 9 heteroatoms. The predicted molar refractivity (Wildman–Crippen MR) is 79.1 cm³/mol. The van der Waals surface area contributed by atoms with E-state index in [0.29, 0.717) is 10.0 Å². The largest absolute Gasteiger partial charge is 0.269 e. The number of sulfonamides is 1. The summed E-state index contributed by atoms with van der Waals surface area (Å²) in [5.41, 5.74) is 0.615. The van der Waals surface area contributed by atoms with Gasteiger partial charge in [-0.05, 0) is 32.9 Å². The molecule has 0 amide bonds. The van der Waals surface area contributed by atoms with Gasteiger partial charge in [0.25, 0.3) is 15.7 Å². The quantitative estimate of drug-likeness (QED) is 0.641. The standard InChI is InChI=1S/C11H9BrN2O4S2/c12-10-5-6-19-11(10)20(17,18)13-7-8-1-3-9(4-2-8)14(15)16/h1-6,13H,7H2. The van der Waals surface area contributed by atoms with Crippen molar-refractivity contribution < 1.29 is 13.3 Å². The number of thiophene rings is 1. The Morgan fingerprint density at radius 1 is 1.25 bits per heavy atom. The van der Waals surface area contributed by atoms with Gasteiger partial charge in [0.05, 0.1) is 4.92 Å². The summed E-state index contributed by atoms with van der Waals surface area (Å²) in [6, 6.07) is 7.37. The summed E-state index contributed by atoms with van der Waals surface area (Å²) in [6.45, 7) is 0.0741. The molecule has 0 aliphatic heterocycles. The highest BCUT2D eigenvalue weighted by atomic mass is 79.9. The summed E-state index contributed by atoms with van der Waals surface area (Å²) >= 11 is 4.28. The van der Waals surface area contributed by atoms with Crippen LogP contribution in [0.3, 0.4) is 0 Å². The van der Waals surface area contributed by atoms with Crippen molar-refractivity contribution in [1.29, 1.82) is 0 Å². The van der Waals surface area contributed by atoms with Crippen LogP contribution in [0.15, 0.2) is 44.4 Å². The minimum absolute atomic E-state index is 0.0300. The molecule has 6 nitrogen and oxygen atoms in total. The normalized spacial score (nSPS) is 11.4. The van der Waals surface area contributed by atoms with Crippen LogP contribution in [0.5, 0.6) is 0 Å². The smallest absolute Gasteiger partial charge is 0.258 e. The van der Waals surface area contributed by atoms with Gasteiger partial charge in [-0.2, -0.15) is 0 Å². The highest BCUT2D eigenvalue weighted by Crippen LogP contribution is 2.27. The van der Waals surface area contributed by atoms with Crippen molar-refractivity contribution in [3.8, 4) is 0 Å². The van der Waals surface area contributed by atoms with Crippen LogP contribution < -0.4 is 4.72 Å². The molecule has 106 valence electrons. The molecule has 2 aromatic rings. The summed E-state index contributed by atoms with van der Waals surface area (Å²) in [6.07, 6.45) is 0. The summed E-state index contributed by atoms with van der Waals surface area (Å²) < 4.78 is 27.2. The lowest BCUT2D eigenvalue weighted by molar-refractivity contribution is -0.384. The Morgan fingerprint density at radius 3 is 2.40 bits per heavy atom. The fourth-order valence-electron chi connectivity index (χ4n) is 1.45. The molecule has 20 heavy (non-hydrogen) atoms. The van der Waals surface area contributed by atoms with E-state index in [2.05, 4.69) is 20.7 Å². The van der Waals surface area contributed by atoms with Crippen LogP contribution in [0.25, 0.3) is 0 Å². The number of non-ortho nitro benzene ring substituents is 1. The molecule has 0 unspecified atom stereocenters. The van der Waals surface area contributed by atoms with Crippen LogP contribution in [0.1, 0.15) is 5.56 Å². The zero-order valence-corrected chi connectivity index (χ0v) is 13.2. The van der Waals surface area contributed by atoms with E-state index in [-0.39, 0.29) is 16.4 Å². The van der Waals surface area contributed by atoms with Gasteiger partial charge in [0.2, 0.25) is 0 Å². The lowest BCUT2D eigenvalue weighted by atomic mass is 10.2. The number of nitro groups is 1. The van der Waals surface area contributed by atoms with Crippen LogP contribution in [-0.4, -0.2) is 13.3 Å². The van der Waals surface area contributed by atoms with Crippen molar-refractivity contribution >= 4 is 43.0 Å². The molecule has 0 atom stereocenters. The number of benzene rings is 1. The Labute approximate surface area is 127 Å². The molecular weight excluding hydrogens is 368 g/mol. The molecule has 1 aromatic heterocycles. The number of nitro benzene ring substituents is 1. The molecule has 0 radical (unpaired) electrons. The fourth-order valence-corrected chi connectivity index (χ4v) is 4.85. The van der Waals surface area contributed by atoms with E-state index in [4.69, 9.17) is 0 Å². The van der Waals surface area contributed by atoms with Crippen LogP contribution in [0.4, 0.5) is 5.69 Å². The molecule has 0 spiro atoms. The number of hydrogen-bond acceptors (Lipinski definition) is 5. The minimum atomic E-state index is -3.58. The molecule has 1 N–H and O–H groups in total. The molecule has 0 aliphatic rings. The van der Waals surface area contributed by atoms with Gasteiger partial charge in [0, 0.05) is 23.2 Å². The molecule has 0 saturated heterocycles. The number of halogens is 1. The lowest BCUT2D eigenvalue weighted by Crippen LogP contribution is -2.22. The first-order chi connectivity index (χ1) is 9.40. The number of nitrogens with one attached hydrogen (secondary N) is 1. The monoisotopic (exact) mass is 376 g/mol. The first kappa shape index (κ1) is 15.1. The van der Waals surface area contributed by atoms with E-state index in [1.165, 1.54) is 24.3 Å². The molecule has 1 aromatic carbocycles. The summed E-state index contributed by atoms with van der Waals surface area (Å²) in [5, 5.41) is 12.2. The maximum Gasteiger partial charge on any atom is 0.269 e. The van der Waals surface area contributed by atoms with E-state index in [1.54, 1.807) is 11.4 Å². The second kappa shape index (κ2) is 6.00. The number of rotatable bonds is 5. The van der Waals surface area contributed by atoms with Gasteiger partial charge >= 0.3 is 0 Å². The predicted octanol–water partition coefficient (Wildman–Crippen LogP) is 2.90. The average Bonchev–Trinajstić information content (AvgIpc) is 2.84. The lowest BCUT2D eigenvalue weighted by Gasteiger charge is -2.05. The van der Waals surface area contributed by atoms with Crippen LogP contribution in [0, 0.1) is 10.1 Å². The minimum Gasteiger partial charge on any atom is -0.258 e. The van der Waals surface area contributed by atoms with Crippen LogP contribution >= 0.6 is 27.3 Å². The van der Waals surface area contributed by atoms with Gasteiger partial charge in [-0.25, -0.2) is 13.1 Å². The fraction of sp³-hybridized carbons (Fsp3) is 0.0909. The van der Waals surface area contributed by atoms with Crippen molar-refractivity contribution in [2.75, 3.05) is 0 Å². The van der Waals surface area contributed by atoms with Gasteiger partial charge in [-0.1, -0.05) is 12.1 Å². The number of hydrogen-bond donors (Lipinski definition) is 1. The maximum absolute atomic E-state index is 12.0. The zero-order valence-electron chi connectivity index (χ0n) is 9.95. The third kappa shape index (κ3) is 3.42. The summed E-state index contributed by atoms with van der Waals surface area (Å²) in [5.74, 6) is 0. The Morgan fingerprint density at radius 2 is 1.90 bits per heavy atom. The van der Waals surface area contributed by atoms with Crippen molar-refractivity contribution in [1.82, 2.24) is 4.72 Å². The highest BCUT2D eigenvalue weighted by Gasteiger charge is 2.18. The van der Waals surface area contributed by atoms with Crippen molar-refractivity contribution in [3.63, 3.8) is 0 Å². The molecule has 0 bridgehead atoms. The second-order valence-corrected chi connectivity index (χ2v) is 7.54. The van der Waals surface area contributed by atoms with E-state index in [9.17, 15) is 18.5 Å². The van der Waals surface area contributed by atoms with Crippen molar-refractivity contribution in [3.05, 3.63) is 55.9 Å². The summed E-state index contributed by atoms with van der Waals surface area (Å²) in [4.78, 5) is 10.0. The van der Waals surface area contributed by atoms with E-state index in [1.807, 2.05) is 0 Å². The van der Waals surface area contributed by atoms with Gasteiger partial charge in [-0.3, -0.25) is 10.1 Å². The SMILES string of the molecule is O=[N+]([O-])c1ccc(CNS(=O)(=O)c2sccc2Br)cc1. The molecular formula is C11H9BrN2O4S2. The Balaban J connectivity index is 2.09. The van der Waals surface area contributed by atoms with E-state index >= 15 is 0 Å².